The molecule has 4 heteroatoms. The van der Waals surface area contributed by atoms with Crippen LogP contribution in [-0.2, 0) is 13.2 Å². The Labute approximate surface area is 120 Å². The van der Waals surface area contributed by atoms with Gasteiger partial charge >= 0.3 is 0 Å². The van der Waals surface area contributed by atoms with E-state index >= 15 is 0 Å². The maximum absolute atomic E-state index is 8.96. The Morgan fingerprint density at radius 1 is 1.05 bits per heavy atom. The summed E-state index contributed by atoms with van der Waals surface area (Å²) in [5, 5.41) is 8.96. The highest BCUT2D eigenvalue weighted by Crippen LogP contribution is 2.26. The van der Waals surface area contributed by atoms with Gasteiger partial charge in [0, 0.05) is 0 Å². The van der Waals surface area contributed by atoms with Gasteiger partial charge in [0.05, 0.1) is 18.2 Å². The van der Waals surface area contributed by atoms with Crippen LogP contribution in [0.15, 0.2) is 46.9 Å². The SMILES string of the molecule is COc1ccc(COc2ccc(CO)cc2)cc1Br. The summed E-state index contributed by atoms with van der Waals surface area (Å²) in [5.41, 5.74) is 1.93. The van der Waals surface area contributed by atoms with Crippen molar-refractivity contribution in [1.29, 1.82) is 0 Å². The summed E-state index contributed by atoms with van der Waals surface area (Å²) in [7, 11) is 1.64. The van der Waals surface area contributed by atoms with Crippen molar-refractivity contribution in [2.24, 2.45) is 0 Å². The Morgan fingerprint density at radius 3 is 2.32 bits per heavy atom. The van der Waals surface area contributed by atoms with Gasteiger partial charge in [0.15, 0.2) is 0 Å². The highest BCUT2D eigenvalue weighted by atomic mass is 79.9. The lowest BCUT2D eigenvalue weighted by molar-refractivity contribution is 0.280. The number of methoxy groups -OCH3 is 1. The van der Waals surface area contributed by atoms with Gasteiger partial charge < -0.3 is 14.6 Å². The third kappa shape index (κ3) is 3.72. The molecule has 0 aliphatic carbocycles. The fraction of sp³-hybridized carbons (Fsp3) is 0.200. The van der Waals surface area contributed by atoms with Crippen molar-refractivity contribution >= 4 is 15.9 Å². The highest BCUT2D eigenvalue weighted by molar-refractivity contribution is 9.10. The van der Waals surface area contributed by atoms with Crippen LogP contribution >= 0.6 is 15.9 Å². The summed E-state index contributed by atoms with van der Waals surface area (Å²) in [5.74, 6) is 1.58. The Hall–Kier alpha value is -1.52. The van der Waals surface area contributed by atoms with Gasteiger partial charge in [-0.15, -0.1) is 0 Å². The Morgan fingerprint density at radius 2 is 1.74 bits per heavy atom. The van der Waals surface area contributed by atoms with Crippen LogP contribution < -0.4 is 9.47 Å². The number of ether oxygens (including phenoxy) is 2. The molecule has 100 valence electrons. The minimum atomic E-state index is 0.0473. The van der Waals surface area contributed by atoms with Crippen LogP contribution in [0.2, 0.25) is 0 Å². The van der Waals surface area contributed by atoms with E-state index in [0.29, 0.717) is 6.61 Å². The molecule has 0 unspecified atom stereocenters. The van der Waals surface area contributed by atoms with Gasteiger partial charge in [0.2, 0.25) is 0 Å². The van der Waals surface area contributed by atoms with Crippen LogP contribution in [0.5, 0.6) is 11.5 Å². The first kappa shape index (κ1) is 13.9. The van der Waals surface area contributed by atoms with E-state index in [1.165, 1.54) is 0 Å². The van der Waals surface area contributed by atoms with Gasteiger partial charge in [-0.25, -0.2) is 0 Å². The lowest BCUT2D eigenvalue weighted by atomic mass is 10.2. The van der Waals surface area contributed by atoms with Crippen molar-refractivity contribution in [3.05, 3.63) is 58.1 Å². The maximum atomic E-state index is 8.96. The summed E-state index contributed by atoms with van der Waals surface area (Å²) >= 11 is 3.44. The van der Waals surface area contributed by atoms with Crippen LogP contribution in [0, 0.1) is 0 Å². The van der Waals surface area contributed by atoms with E-state index in [4.69, 9.17) is 14.6 Å². The van der Waals surface area contributed by atoms with E-state index in [2.05, 4.69) is 15.9 Å². The van der Waals surface area contributed by atoms with Gasteiger partial charge in [0.25, 0.3) is 0 Å². The number of aliphatic hydroxyl groups excluding tert-OH is 1. The molecular formula is C15H15BrO3. The smallest absolute Gasteiger partial charge is 0.133 e. The second-order valence-electron chi connectivity index (χ2n) is 4.06. The molecule has 0 spiro atoms. The zero-order valence-corrected chi connectivity index (χ0v) is 12.2. The quantitative estimate of drug-likeness (QED) is 0.915. The molecule has 0 aromatic heterocycles. The summed E-state index contributed by atoms with van der Waals surface area (Å²) in [6, 6.07) is 13.2. The van der Waals surface area contributed by atoms with Crippen LogP contribution in [-0.4, -0.2) is 12.2 Å². The summed E-state index contributed by atoms with van der Waals surface area (Å²) < 4.78 is 11.8. The van der Waals surface area contributed by atoms with Crippen molar-refractivity contribution in [2.75, 3.05) is 7.11 Å². The van der Waals surface area contributed by atoms with Crippen molar-refractivity contribution in [1.82, 2.24) is 0 Å². The molecule has 2 rings (SSSR count). The molecule has 19 heavy (non-hydrogen) atoms. The molecule has 0 aliphatic heterocycles. The van der Waals surface area contributed by atoms with Gasteiger partial charge in [-0.2, -0.15) is 0 Å². The average molecular weight is 323 g/mol. The lowest BCUT2D eigenvalue weighted by Crippen LogP contribution is -1.96. The minimum Gasteiger partial charge on any atom is -0.496 e. The zero-order valence-electron chi connectivity index (χ0n) is 10.6. The molecule has 0 saturated carbocycles. The molecule has 0 aliphatic rings. The van der Waals surface area contributed by atoms with E-state index in [1.807, 2.05) is 42.5 Å². The standard InChI is InChI=1S/C15H15BrO3/c1-18-15-7-4-12(8-14(15)16)10-19-13-5-2-11(9-17)3-6-13/h2-8,17H,9-10H2,1H3. The van der Waals surface area contributed by atoms with Gasteiger partial charge in [-0.05, 0) is 51.3 Å². The fourth-order valence-electron chi connectivity index (χ4n) is 1.66. The van der Waals surface area contributed by atoms with Crippen molar-refractivity contribution < 1.29 is 14.6 Å². The molecule has 0 bridgehead atoms. The van der Waals surface area contributed by atoms with Crippen LogP contribution in [0.4, 0.5) is 0 Å². The molecule has 1 N–H and O–H groups in total. The van der Waals surface area contributed by atoms with Crippen LogP contribution in [0.3, 0.4) is 0 Å². The first-order chi connectivity index (χ1) is 9.22. The van der Waals surface area contributed by atoms with Crippen molar-refractivity contribution in [2.45, 2.75) is 13.2 Å². The summed E-state index contributed by atoms with van der Waals surface area (Å²) in [6.45, 7) is 0.534. The van der Waals surface area contributed by atoms with E-state index in [1.54, 1.807) is 7.11 Å². The molecule has 0 saturated heterocycles. The van der Waals surface area contributed by atoms with Gasteiger partial charge in [0.1, 0.15) is 18.1 Å². The Balaban J connectivity index is 1.99. The van der Waals surface area contributed by atoms with E-state index in [-0.39, 0.29) is 6.61 Å². The number of halogens is 1. The van der Waals surface area contributed by atoms with Crippen LogP contribution in [0.1, 0.15) is 11.1 Å². The average Bonchev–Trinajstić information content (AvgIpc) is 2.46. The molecule has 0 atom stereocenters. The molecule has 0 amide bonds. The molecule has 2 aromatic carbocycles. The molecule has 2 aromatic rings. The molecular weight excluding hydrogens is 308 g/mol. The highest BCUT2D eigenvalue weighted by Gasteiger charge is 2.02. The second kappa shape index (κ2) is 6.59. The monoisotopic (exact) mass is 322 g/mol. The van der Waals surface area contributed by atoms with Crippen LogP contribution in [0.25, 0.3) is 0 Å². The second-order valence-corrected chi connectivity index (χ2v) is 4.91. The summed E-state index contributed by atoms with van der Waals surface area (Å²) in [6.07, 6.45) is 0. The third-order valence-electron chi connectivity index (χ3n) is 2.73. The fourth-order valence-corrected chi connectivity index (χ4v) is 2.25. The van der Waals surface area contributed by atoms with E-state index in [9.17, 15) is 0 Å². The normalized spacial score (nSPS) is 10.3. The Kier molecular flexibility index (Phi) is 4.82. The summed E-state index contributed by atoms with van der Waals surface area (Å²) in [4.78, 5) is 0. The van der Waals surface area contributed by atoms with Crippen molar-refractivity contribution in [3.8, 4) is 11.5 Å². The molecule has 0 heterocycles. The molecule has 0 radical (unpaired) electrons. The molecule has 0 fully saturated rings. The first-order valence-corrected chi connectivity index (χ1v) is 6.67. The number of hydrogen-bond acceptors (Lipinski definition) is 3. The van der Waals surface area contributed by atoms with Gasteiger partial charge in [-0.3, -0.25) is 0 Å². The zero-order chi connectivity index (χ0) is 13.7. The minimum absolute atomic E-state index is 0.0473. The lowest BCUT2D eigenvalue weighted by Gasteiger charge is -2.09. The molecule has 3 nitrogen and oxygen atoms in total. The number of hydrogen-bond donors (Lipinski definition) is 1. The Bertz CT molecular complexity index is 538. The predicted octanol–water partition coefficient (Wildman–Crippen LogP) is 3.53. The van der Waals surface area contributed by atoms with E-state index in [0.717, 1.165) is 27.1 Å². The first-order valence-electron chi connectivity index (χ1n) is 5.88. The van der Waals surface area contributed by atoms with E-state index < -0.39 is 0 Å². The number of benzene rings is 2. The topological polar surface area (TPSA) is 38.7 Å². The largest absolute Gasteiger partial charge is 0.496 e. The van der Waals surface area contributed by atoms with Gasteiger partial charge in [-0.1, -0.05) is 18.2 Å². The number of aliphatic hydroxyl groups is 1. The maximum Gasteiger partial charge on any atom is 0.133 e. The number of rotatable bonds is 5. The van der Waals surface area contributed by atoms with Crippen molar-refractivity contribution in [3.63, 3.8) is 0 Å². The predicted molar refractivity (Wildman–Crippen MR) is 77.4 cm³/mol. The third-order valence-corrected chi connectivity index (χ3v) is 3.35.